The largest absolute Gasteiger partial charge is 0.465 e. The SMILES string of the molecule is CCN(C/C=C/C1CCC(CNC(=O)O)CC1)CCO. The summed E-state index contributed by atoms with van der Waals surface area (Å²) < 4.78 is 0. The van der Waals surface area contributed by atoms with Gasteiger partial charge in [-0.05, 0) is 44.1 Å². The molecule has 0 heterocycles. The zero-order chi connectivity index (χ0) is 14.8. The van der Waals surface area contributed by atoms with Crippen LogP contribution in [-0.4, -0.2) is 54.0 Å². The second kappa shape index (κ2) is 9.77. The normalized spacial score (nSPS) is 23.4. The minimum absolute atomic E-state index is 0.212. The molecule has 0 radical (unpaired) electrons. The van der Waals surface area contributed by atoms with Crippen molar-refractivity contribution >= 4 is 6.09 Å². The number of hydrogen-bond acceptors (Lipinski definition) is 3. The molecule has 1 saturated carbocycles. The summed E-state index contributed by atoms with van der Waals surface area (Å²) in [5.41, 5.74) is 0. The van der Waals surface area contributed by atoms with Crippen molar-refractivity contribution in [2.24, 2.45) is 11.8 Å². The van der Waals surface area contributed by atoms with E-state index >= 15 is 0 Å². The summed E-state index contributed by atoms with van der Waals surface area (Å²) in [5, 5.41) is 20.0. The Morgan fingerprint density at radius 2 is 2.05 bits per heavy atom. The van der Waals surface area contributed by atoms with Crippen molar-refractivity contribution in [3.8, 4) is 0 Å². The molecule has 1 aliphatic carbocycles. The summed E-state index contributed by atoms with van der Waals surface area (Å²) in [5.74, 6) is 1.13. The number of amides is 1. The first-order chi connectivity index (χ1) is 9.65. The molecule has 0 atom stereocenters. The molecule has 1 rings (SSSR count). The van der Waals surface area contributed by atoms with Gasteiger partial charge in [-0.1, -0.05) is 19.1 Å². The number of nitrogens with one attached hydrogen (secondary N) is 1. The van der Waals surface area contributed by atoms with E-state index in [-0.39, 0.29) is 6.61 Å². The van der Waals surface area contributed by atoms with Gasteiger partial charge in [0.25, 0.3) is 0 Å². The Kier molecular flexibility index (Phi) is 8.30. The third-order valence-corrected chi connectivity index (χ3v) is 4.07. The first-order valence-electron chi connectivity index (χ1n) is 7.62. The highest BCUT2D eigenvalue weighted by molar-refractivity contribution is 5.64. The van der Waals surface area contributed by atoms with E-state index in [0.717, 1.165) is 45.3 Å². The van der Waals surface area contributed by atoms with E-state index in [2.05, 4.69) is 29.3 Å². The number of carboxylic acid groups (broad SMARTS) is 1. The van der Waals surface area contributed by atoms with Crippen LogP contribution in [0.1, 0.15) is 32.6 Å². The monoisotopic (exact) mass is 284 g/mol. The molecule has 0 bridgehead atoms. The van der Waals surface area contributed by atoms with Gasteiger partial charge in [0.2, 0.25) is 0 Å². The van der Waals surface area contributed by atoms with Crippen LogP contribution >= 0.6 is 0 Å². The summed E-state index contributed by atoms with van der Waals surface area (Å²) >= 11 is 0. The summed E-state index contributed by atoms with van der Waals surface area (Å²) in [6, 6.07) is 0. The lowest BCUT2D eigenvalue weighted by molar-refractivity contribution is 0.189. The highest BCUT2D eigenvalue weighted by Gasteiger charge is 2.19. The fourth-order valence-corrected chi connectivity index (χ4v) is 2.74. The number of aliphatic hydroxyl groups is 1. The van der Waals surface area contributed by atoms with Crippen molar-refractivity contribution in [2.75, 3.05) is 32.8 Å². The van der Waals surface area contributed by atoms with Crippen molar-refractivity contribution in [1.29, 1.82) is 0 Å². The molecular weight excluding hydrogens is 256 g/mol. The molecule has 0 aromatic rings. The van der Waals surface area contributed by atoms with Gasteiger partial charge in [-0.15, -0.1) is 0 Å². The van der Waals surface area contributed by atoms with Crippen molar-refractivity contribution in [3.05, 3.63) is 12.2 Å². The van der Waals surface area contributed by atoms with E-state index < -0.39 is 6.09 Å². The van der Waals surface area contributed by atoms with E-state index in [0.29, 0.717) is 18.4 Å². The third kappa shape index (κ3) is 6.91. The minimum atomic E-state index is -0.921. The van der Waals surface area contributed by atoms with Crippen molar-refractivity contribution in [1.82, 2.24) is 10.2 Å². The molecule has 0 spiro atoms. The molecule has 116 valence electrons. The summed E-state index contributed by atoms with van der Waals surface area (Å²) in [6.07, 6.45) is 8.08. The lowest BCUT2D eigenvalue weighted by atomic mass is 9.82. The number of aliphatic hydroxyl groups excluding tert-OH is 1. The maximum atomic E-state index is 10.4. The number of allylic oxidation sites excluding steroid dienone is 1. The van der Waals surface area contributed by atoms with Crippen LogP contribution < -0.4 is 5.32 Å². The van der Waals surface area contributed by atoms with Crippen LogP contribution in [0.5, 0.6) is 0 Å². The quantitative estimate of drug-likeness (QED) is 0.596. The molecule has 20 heavy (non-hydrogen) atoms. The van der Waals surface area contributed by atoms with Gasteiger partial charge in [-0.2, -0.15) is 0 Å². The van der Waals surface area contributed by atoms with E-state index in [1.165, 1.54) is 0 Å². The van der Waals surface area contributed by atoms with Crippen LogP contribution in [0, 0.1) is 11.8 Å². The predicted octanol–water partition coefficient (Wildman–Crippen LogP) is 1.93. The maximum absolute atomic E-state index is 10.4. The Balaban J connectivity index is 2.19. The number of carbonyl (C=O) groups is 1. The van der Waals surface area contributed by atoms with Crippen LogP contribution in [-0.2, 0) is 0 Å². The number of nitrogens with zero attached hydrogens (tertiary/aromatic N) is 1. The highest BCUT2D eigenvalue weighted by Crippen LogP contribution is 2.29. The Hall–Kier alpha value is -1.07. The highest BCUT2D eigenvalue weighted by atomic mass is 16.4. The molecule has 1 amide bonds. The van der Waals surface area contributed by atoms with E-state index in [1.807, 2.05) is 0 Å². The molecule has 1 aliphatic rings. The third-order valence-electron chi connectivity index (χ3n) is 4.07. The van der Waals surface area contributed by atoms with Gasteiger partial charge >= 0.3 is 6.09 Å². The first-order valence-corrected chi connectivity index (χ1v) is 7.62. The van der Waals surface area contributed by atoms with Crippen LogP contribution in [0.4, 0.5) is 4.79 Å². The molecule has 5 heteroatoms. The fraction of sp³-hybridized carbons (Fsp3) is 0.800. The standard InChI is InChI=1S/C15H28N2O3/c1-2-17(10-11-18)9-3-4-13-5-7-14(8-6-13)12-16-15(19)20/h3-4,13-14,16,18H,2,5-12H2,1H3,(H,19,20)/b4-3+. The lowest BCUT2D eigenvalue weighted by Gasteiger charge is -2.26. The van der Waals surface area contributed by atoms with Gasteiger partial charge in [0.15, 0.2) is 0 Å². The Bertz CT molecular complexity index is 299. The topological polar surface area (TPSA) is 72.8 Å². The zero-order valence-corrected chi connectivity index (χ0v) is 12.4. The number of rotatable bonds is 8. The van der Waals surface area contributed by atoms with Crippen molar-refractivity contribution in [3.63, 3.8) is 0 Å². The van der Waals surface area contributed by atoms with Gasteiger partial charge in [-0.25, -0.2) is 4.79 Å². The molecule has 0 aromatic heterocycles. The summed E-state index contributed by atoms with van der Waals surface area (Å²) in [7, 11) is 0. The minimum Gasteiger partial charge on any atom is -0.465 e. The molecule has 3 N–H and O–H groups in total. The molecule has 5 nitrogen and oxygen atoms in total. The molecular formula is C15H28N2O3. The lowest BCUT2D eigenvalue weighted by Crippen LogP contribution is -2.30. The predicted molar refractivity (Wildman–Crippen MR) is 79.8 cm³/mol. The average molecular weight is 284 g/mol. The van der Waals surface area contributed by atoms with Gasteiger partial charge in [0.1, 0.15) is 0 Å². The second-order valence-electron chi connectivity index (χ2n) is 5.51. The van der Waals surface area contributed by atoms with Gasteiger partial charge < -0.3 is 15.5 Å². The Morgan fingerprint density at radius 1 is 1.35 bits per heavy atom. The fourth-order valence-electron chi connectivity index (χ4n) is 2.74. The van der Waals surface area contributed by atoms with E-state index in [9.17, 15) is 4.79 Å². The number of hydrogen-bond donors (Lipinski definition) is 3. The molecule has 0 aromatic carbocycles. The molecule has 0 unspecified atom stereocenters. The average Bonchev–Trinajstić information content (AvgIpc) is 2.45. The van der Waals surface area contributed by atoms with Crippen LogP contribution in [0.2, 0.25) is 0 Å². The first kappa shape index (κ1) is 17.0. The van der Waals surface area contributed by atoms with E-state index in [4.69, 9.17) is 10.2 Å². The van der Waals surface area contributed by atoms with Crippen LogP contribution in [0.15, 0.2) is 12.2 Å². The smallest absolute Gasteiger partial charge is 0.404 e. The molecule has 1 fully saturated rings. The summed E-state index contributed by atoms with van der Waals surface area (Å²) in [4.78, 5) is 12.7. The van der Waals surface area contributed by atoms with Crippen LogP contribution in [0.3, 0.4) is 0 Å². The summed E-state index contributed by atoms with van der Waals surface area (Å²) in [6.45, 7) is 5.49. The van der Waals surface area contributed by atoms with E-state index in [1.54, 1.807) is 0 Å². The van der Waals surface area contributed by atoms with Gasteiger partial charge in [-0.3, -0.25) is 4.90 Å². The van der Waals surface area contributed by atoms with Gasteiger partial charge in [0.05, 0.1) is 6.61 Å². The Morgan fingerprint density at radius 3 is 2.60 bits per heavy atom. The Labute approximate surface area is 121 Å². The molecule has 0 aliphatic heterocycles. The van der Waals surface area contributed by atoms with Crippen molar-refractivity contribution < 1.29 is 15.0 Å². The van der Waals surface area contributed by atoms with Gasteiger partial charge in [0, 0.05) is 19.6 Å². The molecule has 0 saturated heterocycles. The van der Waals surface area contributed by atoms with Crippen molar-refractivity contribution in [2.45, 2.75) is 32.6 Å². The zero-order valence-electron chi connectivity index (χ0n) is 12.4. The van der Waals surface area contributed by atoms with Crippen LogP contribution in [0.25, 0.3) is 0 Å². The second-order valence-corrected chi connectivity index (χ2v) is 5.51. The maximum Gasteiger partial charge on any atom is 0.404 e. The number of likely N-dealkylation sites (N-methyl/N-ethyl adjacent to an activating group) is 1.